The van der Waals surface area contributed by atoms with Crippen LogP contribution in [0.3, 0.4) is 0 Å². The molecule has 1 aliphatic heterocycles. The lowest BCUT2D eigenvalue weighted by Gasteiger charge is -2.16. The first-order chi connectivity index (χ1) is 18.1. The van der Waals surface area contributed by atoms with Crippen molar-refractivity contribution in [1.29, 1.82) is 0 Å². The van der Waals surface area contributed by atoms with Gasteiger partial charge in [-0.2, -0.15) is 5.10 Å². The Hall–Kier alpha value is -4.79. The van der Waals surface area contributed by atoms with Crippen molar-refractivity contribution >= 4 is 23.4 Å². The number of hydrogen-bond acceptors (Lipinski definition) is 5. The molecule has 0 spiro atoms. The summed E-state index contributed by atoms with van der Waals surface area (Å²) in [6.45, 7) is 1.63. The van der Waals surface area contributed by atoms with Crippen LogP contribution in [0.25, 0.3) is 16.9 Å². The second kappa shape index (κ2) is 10.9. The van der Waals surface area contributed by atoms with Crippen LogP contribution in [0.5, 0.6) is 0 Å². The van der Waals surface area contributed by atoms with E-state index in [0.717, 1.165) is 35.2 Å². The molecule has 0 atom stereocenters. The van der Waals surface area contributed by atoms with Crippen LogP contribution in [-0.2, 0) is 27.5 Å². The van der Waals surface area contributed by atoms with E-state index in [1.165, 1.54) is 6.20 Å². The molecule has 0 aliphatic carbocycles. The molecule has 2 aromatic carbocycles. The number of amides is 3. The number of likely N-dealkylation sites (tertiary alicyclic amines) is 1. The lowest BCUT2D eigenvalue weighted by atomic mass is 9.98. The number of anilines is 1. The molecular formula is C28H26N6O3. The van der Waals surface area contributed by atoms with Gasteiger partial charge in [0.2, 0.25) is 5.91 Å². The second-order valence-electron chi connectivity index (χ2n) is 8.77. The maximum absolute atomic E-state index is 12.5. The van der Waals surface area contributed by atoms with Crippen molar-refractivity contribution in [3.8, 4) is 16.9 Å². The topological polar surface area (TPSA) is 109 Å². The average molecular weight is 495 g/mol. The van der Waals surface area contributed by atoms with Crippen molar-refractivity contribution in [2.75, 3.05) is 11.9 Å². The van der Waals surface area contributed by atoms with E-state index in [1.807, 2.05) is 53.4 Å². The van der Waals surface area contributed by atoms with Crippen LogP contribution in [-0.4, -0.2) is 43.9 Å². The van der Waals surface area contributed by atoms with E-state index in [2.05, 4.69) is 20.7 Å². The number of carbonyl (C=O) groups excluding carboxylic acids is 3. The molecule has 186 valence electrons. The molecule has 0 radical (unpaired) electrons. The number of benzene rings is 2. The first-order valence-electron chi connectivity index (χ1n) is 12.1. The lowest BCUT2D eigenvalue weighted by Crippen LogP contribution is -2.35. The Morgan fingerprint density at radius 3 is 2.49 bits per heavy atom. The zero-order valence-electron chi connectivity index (χ0n) is 20.1. The molecule has 37 heavy (non-hydrogen) atoms. The molecule has 0 bridgehead atoms. The van der Waals surface area contributed by atoms with E-state index >= 15 is 0 Å². The van der Waals surface area contributed by atoms with Crippen LogP contribution in [0.1, 0.15) is 24.0 Å². The minimum absolute atomic E-state index is 0.197. The zero-order chi connectivity index (χ0) is 25.6. The highest BCUT2D eigenvalue weighted by Gasteiger charge is 2.20. The molecule has 0 saturated carbocycles. The molecular weight excluding hydrogens is 468 g/mol. The Morgan fingerprint density at radius 2 is 1.78 bits per heavy atom. The molecule has 0 unspecified atom stereocenters. The summed E-state index contributed by atoms with van der Waals surface area (Å²) in [5, 5.41) is 9.37. The number of pyridine rings is 1. The predicted octanol–water partition coefficient (Wildman–Crippen LogP) is 3.31. The monoisotopic (exact) mass is 494 g/mol. The third-order valence-corrected chi connectivity index (χ3v) is 6.22. The molecule has 5 rings (SSSR count). The Morgan fingerprint density at radius 1 is 0.946 bits per heavy atom. The van der Waals surface area contributed by atoms with E-state index in [-0.39, 0.29) is 12.5 Å². The smallest absolute Gasteiger partial charge is 0.313 e. The van der Waals surface area contributed by atoms with E-state index in [4.69, 9.17) is 0 Å². The van der Waals surface area contributed by atoms with Crippen molar-refractivity contribution in [2.24, 2.45) is 0 Å². The standard InChI is InChI=1S/C28H26N6O3/c35-26-7-3-15-33(26)19-20-8-10-21(11-9-20)24-6-2-1-5-22(24)17-30-27(36)28(37)32-23-12-13-25(29-18-23)34-16-4-14-31-34/h1-2,4-6,8-14,16,18H,3,7,15,17,19H2,(H,30,36)(H,32,37). The van der Waals surface area contributed by atoms with E-state index in [0.29, 0.717) is 24.5 Å². The zero-order valence-corrected chi connectivity index (χ0v) is 20.1. The van der Waals surface area contributed by atoms with Crippen molar-refractivity contribution in [3.63, 3.8) is 0 Å². The summed E-state index contributed by atoms with van der Waals surface area (Å²) >= 11 is 0. The van der Waals surface area contributed by atoms with Gasteiger partial charge in [0.15, 0.2) is 5.82 Å². The van der Waals surface area contributed by atoms with Gasteiger partial charge >= 0.3 is 11.8 Å². The summed E-state index contributed by atoms with van der Waals surface area (Å²) in [7, 11) is 0. The first-order valence-corrected chi connectivity index (χ1v) is 12.1. The largest absolute Gasteiger partial charge is 0.344 e. The summed E-state index contributed by atoms with van der Waals surface area (Å²) in [5.74, 6) is -0.707. The third-order valence-electron chi connectivity index (χ3n) is 6.22. The van der Waals surface area contributed by atoms with Gasteiger partial charge in [-0.15, -0.1) is 0 Å². The SMILES string of the molecule is O=C(NCc1ccccc1-c1ccc(CN2CCCC2=O)cc1)C(=O)Nc1ccc(-n2cccn2)nc1. The number of rotatable bonds is 7. The highest BCUT2D eigenvalue weighted by atomic mass is 16.2. The highest BCUT2D eigenvalue weighted by Crippen LogP contribution is 2.25. The van der Waals surface area contributed by atoms with Crippen LogP contribution in [0, 0.1) is 0 Å². The third kappa shape index (κ3) is 5.72. The number of hydrogen-bond donors (Lipinski definition) is 2. The Kier molecular flexibility index (Phi) is 7.02. The van der Waals surface area contributed by atoms with Gasteiger partial charge in [-0.3, -0.25) is 14.4 Å². The average Bonchev–Trinajstić information content (AvgIpc) is 3.61. The van der Waals surface area contributed by atoms with E-state index in [9.17, 15) is 14.4 Å². The van der Waals surface area contributed by atoms with Crippen LogP contribution in [0.15, 0.2) is 85.3 Å². The Bertz CT molecular complexity index is 1400. The van der Waals surface area contributed by atoms with Gasteiger partial charge in [-0.25, -0.2) is 9.67 Å². The maximum Gasteiger partial charge on any atom is 0.313 e. The second-order valence-corrected chi connectivity index (χ2v) is 8.77. The number of carbonyl (C=O) groups is 3. The summed E-state index contributed by atoms with van der Waals surface area (Å²) in [6.07, 6.45) is 6.43. The fraction of sp³-hybridized carbons (Fsp3) is 0.179. The normalized spacial score (nSPS) is 13.0. The van der Waals surface area contributed by atoms with Gasteiger partial charge in [0.05, 0.1) is 11.9 Å². The molecule has 2 N–H and O–H groups in total. The van der Waals surface area contributed by atoms with Gasteiger partial charge in [0, 0.05) is 38.4 Å². The summed E-state index contributed by atoms with van der Waals surface area (Å²) in [6, 6.07) is 21.0. The summed E-state index contributed by atoms with van der Waals surface area (Å²) in [5.41, 5.74) is 4.33. The van der Waals surface area contributed by atoms with Crippen molar-refractivity contribution in [3.05, 3.63) is 96.4 Å². The van der Waals surface area contributed by atoms with Gasteiger partial charge < -0.3 is 15.5 Å². The minimum Gasteiger partial charge on any atom is -0.344 e. The van der Waals surface area contributed by atoms with Crippen LogP contribution < -0.4 is 10.6 Å². The molecule has 1 aliphatic rings. The molecule has 1 saturated heterocycles. The van der Waals surface area contributed by atoms with Gasteiger partial charge in [0.25, 0.3) is 0 Å². The van der Waals surface area contributed by atoms with E-state index < -0.39 is 11.8 Å². The number of nitrogens with zero attached hydrogens (tertiary/aromatic N) is 4. The summed E-state index contributed by atoms with van der Waals surface area (Å²) in [4.78, 5) is 42.9. The van der Waals surface area contributed by atoms with Crippen LogP contribution in [0.2, 0.25) is 0 Å². The molecule has 9 heteroatoms. The Labute approximate surface area is 214 Å². The lowest BCUT2D eigenvalue weighted by molar-refractivity contribution is -0.136. The van der Waals surface area contributed by atoms with Crippen LogP contribution >= 0.6 is 0 Å². The highest BCUT2D eigenvalue weighted by molar-refractivity contribution is 6.39. The molecule has 2 aromatic heterocycles. The molecule has 3 heterocycles. The fourth-order valence-electron chi connectivity index (χ4n) is 4.28. The van der Waals surface area contributed by atoms with Crippen LogP contribution in [0.4, 0.5) is 5.69 Å². The number of nitrogens with one attached hydrogen (secondary N) is 2. The van der Waals surface area contributed by atoms with E-state index in [1.54, 1.807) is 35.3 Å². The van der Waals surface area contributed by atoms with Crippen molar-refractivity contribution in [1.82, 2.24) is 25.0 Å². The molecule has 9 nitrogen and oxygen atoms in total. The van der Waals surface area contributed by atoms with Gasteiger partial charge in [-0.05, 0) is 46.9 Å². The Balaban J connectivity index is 1.19. The molecule has 3 amide bonds. The quantitative estimate of drug-likeness (QED) is 0.383. The predicted molar refractivity (Wildman–Crippen MR) is 138 cm³/mol. The molecule has 1 fully saturated rings. The minimum atomic E-state index is -0.771. The van der Waals surface area contributed by atoms with Gasteiger partial charge in [-0.1, -0.05) is 48.5 Å². The van der Waals surface area contributed by atoms with Crippen molar-refractivity contribution in [2.45, 2.75) is 25.9 Å². The first kappa shape index (κ1) is 23.9. The van der Waals surface area contributed by atoms with Gasteiger partial charge in [0.1, 0.15) is 0 Å². The maximum atomic E-state index is 12.5. The molecule has 4 aromatic rings. The van der Waals surface area contributed by atoms with Crippen molar-refractivity contribution < 1.29 is 14.4 Å². The fourth-order valence-corrected chi connectivity index (χ4v) is 4.28. The summed E-state index contributed by atoms with van der Waals surface area (Å²) < 4.78 is 1.60. The number of aromatic nitrogens is 3.